The minimum Gasteiger partial charge on any atom is -0.465 e. The van der Waals surface area contributed by atoms with E-state index in [0.717, 1.165) is 32.1 Å². The fourth-order valence-corrected chi connectivity index (χ4v) is 5.68. The van der Waals surface area contributed by atoms with E-state index in [1.54, 1.807) is 0 Å². The molecule has 0 amide bonds. The van der Waals surface area contributed by atoms with E-state index in [2.05, 4.69) is 41.5 Å². The predicted octanol–water partition coefficient (Wildman–Crippen LogP) is 11.6. The summed E-state index contributed by atoms with van der Waals surface area (Å²) in [7, 11) is 0. The van der Waals surface area contributed by atoms with Crippen molar-refractivity contribution in [3.8, 4) is 0 Å². The summed E-state index contributed by atoms with van der Waals surface area (Å²) in [6.45, 7) is 14.5. The van der Waals surface area contributed by atoms with E-state index < -0.39 is 0 Å². The van der Waals surface area contributed by atoms with Crippen molar-refractivity contribution in [3.05, 3.63) is 0 Å². The standard InChI is InChI=1S/C37H72O4/c1-7-11-25-33(9-3)30-40-36(38)28-24-22-20-18-16-14-13-15-17-19-21-23-27-35(32(5)6)29-37(39)41-31-34(10-4)26-12-8-2/h32-35H,7-31H2,1-6H3. The quantitative estimate of drug-likeness (QED) is 0.0626. The molecule has 0 heterocycles. The molecule has 4 nitrogen and oxygen atoms in total. The smallest absolute Gasteiger partial charge is 0.306 e. The number of carbonyl (C=O) groups excluding carboxylic acids is 2. The molecule has 0 saturated carbocycles. The van der Waals surface area contributed by atoms with Crippen LogP contribution in [-0.4, -0.2) is 25.2 Å². The molecule has 0 radical (unpaired) electrons. The van der Waals surface area contributed by atoms with Crippen molar-refractivity contribution in [2.75, 3.05) is 13.2 Å². The van der Waals surface area contributed by atoms with Crippen LogP contribution in [0.3, 0.4) is 0 Å². The molecule has 0 aliphatic carbocycles. The van der Waals surface area contributed by atoms with Crippen LogP contribution in [0.15, 0.2) is 0 Å². The summed E-state index contributed by atoms with van der Waals surface area (Å²) in [6, 6.07) is 0. The lowest BCUT2D eigenvalue weighted by molar-refractivity contribution is -0.147. The van der Waals surface area contributed by atoms with Gasteiger partial charge in [-0.1, -0.05) is 151 Å². The number of esters is 2. The Labute approximate surface area is 256 Å². The third-order valence-corrected chi connectivity index (χ3v) is 9.12. The molecule has 0 aromatic carbocycles. The Morgan fingerprint density at radius 3 is 1.34 bits per heavy atom. The zero-order valence-corrected chi connectivity index (χ0v) is 28.6. The summed E-state index contributed by atoms with van der Waals surface area (Å²) in [5.74, 6) is 2.06. The largest absolute Gasteiger partial charge is 0.465 e. The summed E-state index contributed by atoms with van der Waals surface area (Å²) in [6.07, 6.45) is 26.9. The molecule has 0 saturated heterocycles. The summed E-state index contributed by atoms with van der Waals surface area (Å²) < 4.78 is 11.2. The molecule has 3 atom stereocenters. The molecule has 0 aliphatic rings. The van der Waals surface area contributed by atoms with Crippen molar-refractivity contribution >= 4 is 11.9 Å². The van der Waals surface area contributed by atoms with Crippen LogP contribution in [-0.2, 0) is 19.1 Å². The fourth-order valence-electron chi connectivity index (χ4n) is 5.68. The van der Waals surface area contributed by atoms with Crippen LogP contribution in [0.4, 0.5) is 0 Å². The Morgan fingerprint density at radius 2 is 0.927 bits per heavy atom. The van der Waals surface area contributed by atoms with Gasteiger partial charge in [-0.25, -0.2) is 0 Å². The fraction of sp³-hybridized carbons (Fsp3) is 0.946. The predicted molar refractivity (Wildman–Crippen MR) is 176 cm³/mol. The van der Waals surface area contributed by atoms with Gasteiger partial charge in [-0.15, -0.1) is 0 Å². The zero-order valence-electron chi connectivity index (χ0n) is 28.6. The highest BCUT2D eigenvalue weighted by molar-refractivity contribution is 5.69. The summed E-state index contributed by atoms with van der Waals surface area (Å²) in [5, 5.41) is 0. The molecule has 4 heteroatoms. The zero-order chi connectivity index (χ0) is 30.6. The first-order valence-electron chi connectivity index (χ1n) is 18.2. The van der Waals surface area contributed by atoms with Gasteiger partial charge < -0.3 is 9.47 Å². The monoisotopic (exact) mass is 581 g/mol. The summed E-state index contributed by atoms with van der Waals surface area (Å²) in [4.78, 5) is 24.4. The molecule has 0 aromatic heterocycles. The van der Waals surface area contributed by atoms with Crippen LogP contribution in [0.1, 0.15) is 189 Å². The topological polar surface area (TPSA) is 52.6 Å². The van der Waals surface area contributed by atoms with E-state index in [1.807, 2.05) is 0 Å². The third-order valence-electron chi connectivity index (χ3n) is 9.12. The highest BCUT2D eigenvalue weighted by Gasteiger charge is 2.19. The maximum Gasteiger partial charge on any atom is 0.306 e. The van der Waals surface area contributed by atoms with Gasteiger partial charge in [0.2, 0.25) is 0 Å². The Hall–Kier alpha value is -1.06. The maximum absolute atomic E-state index is 12.5. The molecule has 0 spiro atoms. The van der Waals surface area contributed by atoms with E-state index in [0.29, 0.717) is 49.7 Å². The lowest BCUT2D eigenvalue weighted by atomic mass is 9.87. The van der Waals surface area contributed by atoms with Crippen molar-refractivity contribution < 1.29 is 19.1 Å². The van der Waals surface area contributed by atoms with Crippen LogP contribution in [0.25, 0.3) is 0 Å². The second-order valence-corrected chi connectivity index (χ2v) is 13.2. The summed E-state index contributed by atoms with van der Waals surface area (Å²) in [5.41, 5.74) is 0. The van der Waals surface area contributed by atoms with Crippen molar-refractivity contribution in [3.63, 3.8) is 0 Å². The molecule has 0 fully saturated rings. The van der Waals surface area contributed by atoms with Crippen LogP contribution in [0.5, 0.6) is 0 Å². The van der Waals surface area contributed by atoms with Gasteiger partial charge in [-0.2, -0.15) is 0 Å². The van der Waals surface area contributed by atoms with Crippen molar-refractivity contribution in [1.29, 1.82) is 0 Å². The molecular weight excluding hydrogens is 508 g/mol. The molecule has 0 aliphatic heterocycles. The van der Waals surface area contributed by atoms with Gasteiger partial charge in [0.25, 0.3) is 0 Å². The normalized spacial score (nSPS) is 13.7. The second-order valence-electron chi connectivity index (χ2n) is 13.2. The van der Waals surface area contributed by atoms with Crippen LogP contribution in [0.2, 0.25) is 0 Å². The van der Waals surface area contributed by atoms with Crippen LogP contribution < -0.4 is 0 Å². The number of hydrogen-bond donors (Lipinski definition) is 0. The number of carbonyl (C=O) groups is 2. The number of unbranched alkanes of at least 4 members (excludes halogenated alkanes) is 13. The van der Waals surface area contributed by atoms with Gasteiger partial charge in [-0.3, -0.25) is 9.59 Å². The first-order chi connectivity index (χ1) is 19.9. The molecule has 0 N–H and O–H groups in total. The van der Waals surface area contributed by atoms with E-state index >= 15 is 0 Å². The number of ether oxygens (including phenoxy) is 2. The van der Waals surface area contributed by atoms with Crippen molar-refractivity contribution in [1.82, 2.24) is 0 Å². The van der Waals surface area contributed by atoms with Gasteiger partial charge in [0.1, 0.15) is 0 Å². The highest BCUT2D eigenvalue weighted by Crippen LogP contribution is 2.24. The maximum atomic E-state index is 12.5. The first kappa shape index (κ1) is 39.9. The third kappa shape index (κ3) is 25.2. The van der Waals surface area contributed by atoms with Crippen LogP contribution >= 0.6 is 0 Å². The van der Waals surface area contributed by atoms with E-state index in [4.69, 9.17) is 9.47 Å². The Balaban J connectivity index is 3.67. The molecule has 3 unspecified atom stereocenters. The average Bonchev–Trinajstić information content (AvgIpc) is 2.96. The number of hydrogen-bond acceptors (Lipinski definition) is 4. The molecule has 0 aromatic rings. The lowest BCUT2D eigenvalue weighted by Gasteiger charge is -2.21. The van der Waals surface area contributed by atoms with Gasteiger partial charge in [0.15, 0.2) is 0 Å². The Bertz CT molecular complexity index is 587. The van der Waals surface area contributed by atoms with Crippen LogP contribution in [0, 0.1) is 23.7 Å². The first-order valence-corrected chi connectivity index (χ1v) is 18.2. The minimum atomic E-state index is 0.000413. The second kappa shape index (κ2) is 29.0. The Kier molecular flexibility index (Phi) is 28.3. The minimum absolute atomic E-state index is 0.000413. The molecular formula is C37H72O4. The highest BCUT2D eigenvalue weighted by atomic mass is 16.5. The lowest BCUT2D eigenvalue weighted by Crippen LogP contribution is -2.19. The summed E-state index contributed by atoms with van der Waals surface area (Å²) >= 11 is 0. The van der Waals surface area contributed by atoms with Gasteiger partial charge >= 0.3 is 11.9 Å². The molecule has 41 heavy (non-hydrogen) atoms. The molecule has 0 rings (SSSR count). The molecule has 244 valence electrons. The van der Waals surface area contributed by atoms with Crippen molar-refractivity contribution in [2.24, 2.45) is 23.7 Å². The van der Waals surface area contributed by atoms with Gasteiger partial charge in [-0.05, 0) is 49.4 Å². The van der Waals surface area contributed by atoms with Gasteiger partial charge in [0, 0.05) is 12.8 Å². The van der Waals surface area contributed by atoms with E-state index in [1.165, 1.54) is 103 Å². The van der Waals surface area contributed by atoms with Gasteiger partial charge in [0.05, 0.1) is 13.2 Å². The molecule has 0 bridgehead atoms. The average molecular weight is 581 g/mol. The Morgan fingerprint density at radius 1 is 0.512 bits per heavy atom. The van der Waals surface area contributed by atoms with E-state index in [9.17, 15) is 9.59 Å². The van der Waals surface area contributed by atoms with E-state index in [-0.39, 0.29) is 11.9 Å². The SMILES string of the molecule is CCCCC(CC)COC(=O)CCCCCCCCCCCCCCC(CC(=O)OCC(CC)CCCC)C(C)C. The van der Waals surface area contributed by atoms with Crippen molar-refractivity contribution in [2.45, 2.75) is 189 Å². The number of rotatable bonds is 30.